The number of nitrogens with zero attached hydrogens (tertiary/aromatic N) is 2. The first-order valence-electron chi connectivity index (χ1n) is 2.55. The molecule has 6 nitrogen and oxygen atoms in total. The van der Waals surface area contributed by atoms with Crippen molar-refractivity contribution in [3.63, 3.8) is 0 Å². The van der Waals surface area contributed by atoms with Gasteiger partial charge in [-0.1, -0.05) is 0 Å². The average Bonchev–Trinajstić information content (AvgIpc) is 1.82. The number of hydrogen-bond donors (Lipinski definition) is 4. The van der Waals surface area contributed by atoms with E-state index in [9.17, 15) is 0 Å². The van der Waals surface area contributed by atoms with Crippen molar-refractivity contribution in [1.82, 2.24) is 9.97 Å². The summed E-state index contributed by atoms with van der Waals surface area (Å²) in [5, 5.41) is 0. The molecule has 12 heavy (non-hydrogen) atoms. The number of nitrogens with two attached hydrogens (primary N) is 4. The molecule has 70 valence electrons. The van der Waals surface area contributed by atoms with Gasteiger partial charge < -0.3 is 56.9 Å². The Bertz CT molecular complexity index is 241. The van der Waals surface area contributed by atoms with Crippen molar-refractivity contribution in [1.29, 1.82) is 0 Å². The van der Waals surface area contributed by atoms with Gasteiger partial charge >= 0.3 is 0 Å². The fraction of sp³-hybridized carbons (Fsp3) is 0. The van der Waals surface area contributed by atoms with Crippen LogP contribution in [0, 0.1) is 0 Å². The van der Waals surface area contributed by atoms with Gasteiger partial charge in [-0.2, -0.15) is 9.97 Å². The van der Waals surface area contributed by atoms with E-state index < -0.39 is 0 Å². The number of hydrogen-bond acceptors (Lipinski definition) is 6. The van der Waals surface area contributed by atoms with Crippen molar-refractivity contribution in [3.05, 3.63) is 0 Å². The van der Waals surface area contributed by atoms with Crippen molar-refractivity contribution < 1.29 is 34.0 Å². The molecule has 0 radical (unpaired) electrons. The van der Waals surface area contributed by atoms with Gasteiger partial charge in [0.2, 0.25) is 5.95 Å². The molecule has 0 amide bonds. The third-order valence-corrected chi connectivity index (χ3v) is 1.02. The van der Waals surface area contributed by atoms with Crippen molar-refractivity contribution >= 4 is 23.3 Å². The Kier molecular flexibility index (Phi) is 5.74. The predicted octanol–water partition coefficient (Wildman–Crippen LogP) is -7.19. The van der Waals surface area contributed by atoms with Gasteiger partial charge in [-0.25, -0.2) is 0 Å². The summed E-state index contributed by atoms with van der Waals surface area (Å²) in [6.45, 7) is 0. The van der Waals surface area contributed by atoms with E-state index in [0.29, 0.717) is 0 Å². The minimum Gasteiger partial charge on any atom is -1.00 e. The zero-order valence-electron chi connectivity index (χ0n) is 5.96. The standard InChI is InChI=1S/C4H8N6.2BrH/c5-1-2(6)9-4(8)10-3(1)7;;/h5H2,(H6,6,7,8,9,10);2*1H/p-2. The first kappa shape index (κ1) is 13.8. The Hall–Kier alpha value is -0.760. The molecule has 1 heterocycles. The molecule has 0 aromatic carbocycles. The summed E-state index contributed by atoms with van der Waals surface area (Å²) in [5.41, 5.74) is 21.3. The molecule has 0 aliphatic heterocycles. The van der Waals surface area contributed by atoms with Crippen molar-refractivity contribution in [2.24, 2.45) is 0 Å². The molecule has 0 aliphatic rings. The molecule has 0 unspecified atom stereocenters. The molecule has 0 aliphatic carbocycles. The first-order chi connectivity index (χ1) is 4.61. The summed E-state index contributed by atoms with van der Waals surface area (Å²) >= 11 is 0. The van der Waals surface area contributed by atoms with Gasteiger partial charge in [0, 0.05) is 0 Å². The second-order valence-corrected chi connectivity index (χ2v) is 1.77. The minimum atomic E-state index is 0. The van der Waals surface area contributed by atoms with E-state index in [1.807, 2.05) is 0 Å². The van der Waals surface area contributed by atoms with Gasteiger partial charge in [0.15, 0.2) is 11.6 Å². The van der Waals surface area contributed by atoms with Crippen LogP contribution in [0.5, 0.6) is 0 Å². The van der Waals surface area contributed by atoms with E-state index in [0.717, 1.165) is 0 Å². The van der Waals surface area contributed by atoms with Crippen LogP contribution in [0.3, 0.4) is 0 Å². The molecule has 0 fully saturated rings. The van der Waals surface area contributed by atoms with Crippen molar-refractivity contribution in [2.75, 3.05) is 22.9 Å². The Balaban J connectivity index is 0. The fourth-order valence-corrected chi connectivity index (χ4v) is 0.523. The maximum absolute atomic E-state index is 5.32. The average molecular weight is 300 g/mol. The summed E-state index contributed by atoms with van der Waals surface area (Å²) in [7, 11) is 0. The molecular formula is C4H8Br2N6-2. The molecule has 0 saturated heterocycles. The minimum absolute atomic E-state index is 0. The van der Waals surface area contributed by atoms with E-state index in [1.165, 1.54) is 0 Å². The number of halogens is 2. The lowest BCUT2D eigenvalue weighted by atomic mass is 10.4. The number of anilines is 4. The highest BCUT2D eigenvalue weighted by Crippen LogP contribution is 2.17. The molecule has 8 N–H and O–H groups in total. The number of nitrogen functional groups attached to an aromatic ring is 4. The Labute approximate surface area is 90.3 Å². The van der Waals surface area contributed by atoms with Gasteiger partial charge in [0.1, 0.15) is 5.69 Å². The summed E-state index contributed by atoms with van der Waals surface area (Å²) in [5.74, 6) is 0.263. The lowest BCUT2D eigenvalue weighted by molar-refractivity contribution is -0.00100. The van der Waals surface area contributed by atoms with Crippen LogP contribution in [0.25, 0.3) is 0 Å². The smallest absolute Gasteiger partial charge is 0.224 e. The second-order valence-electron chi connectivity index (χ2n) is 1.77. The second kappa shape index (κ2) is 4.99. The Morgan fingerprint density at radius 3 is 1.42 bits per heavy atom. The van der Waals surface area contributed by atoms with Crippen LogP contribution in [0.2, 0.25) is 0 Å². The van der Waals surface area contributed by atoms with E-state index in [-0.39, 0.29) is 57.2 Å². The van der Waals surface area contributed by atoms with Gasteiger partial charge in [-0.15, -0.1) is 0 Å². The highest BCUT2D eigenvalue weighted by Gasteiger charge is 2.02. The SMILES string of the molecule is Nc1nc(N)c(N)c(N)n1.[Br-].[Br-]. The normalized spacial score (nSPS) is 8.00. The largest absolute Gasteiger partial charge is 1.00 e. The summed E-state index contributed by atoms with van der Waals surface area (Å²) in [4.78, 5) is 7.15. The third kappa shape index (κ3) is 2.70. The van der Waals surface area contributed by atoms with Crippen LogP contribution in [0.15, 0.2) is 0 Å². The fourth-order valence-electron chi connectivity index (χ4n) is 0.523. The highest BCUT2D eigenvalue weighted by molar-refractivity contribution is 5.71. The Morgan fingerprint density at radius 1 is 0.750 bits per heavy atom. The molecule has 0 bridgehead atoms. The maximum Gasteiger partial charge on any atom is 0.224 e. The molecular weight excluding hydrogens is 292 g/mol. The first-order valence-corrected chi connectivity index (χ1v) is 2.55. The van der Waals surface area contributed by atoms with Gasteiger partial charge in [-0.05, 0) is 0 Å². The summed E-state index contributed by atoms with van der Waals surface area (Å²) < 4.78 is 0. The van der Waals surface area contributed by atoms with Crippen LogP contribution in [-0.2, 0) is 0 Å². The van der Waals surface area contributed by atoms with E-state index in [2.05, 4.69) is 9.97 Å². The lowest BCUT2D eigenvalue weighted by Gasteiger charge is -2.01. The van der Waals surface area contributed by atoms with Gasteiger partial charge in [0.25, 0.3) is 0 Å². The van der Waals surface area contributed by atoms with Crippen LogP contribution in [0.4, 0.5) is 23.3 Å². The number of rotatable bonds is 0. The quantitative estimate of drug-likeness (QED) is 0.377. The van der Waals surface area contributed by atoms with Crippen LogP contribution < -0.4 is 56.9 Å². The van der Waals surface area contributed by atoms with Crippen molar-refractivity contribution in [2.45, 2.75) is 0 Å². The molecule has 0 saturated carbocycles. The van der Waals surface area contributed by atoms with E-state index >= 15 is 0 Å². The van der Waals surface area contributed by atoms with Gasteiger partial charge in [-0.3, -0.25) is 0 Å². The van der Waals surface area contributed by atoms with Crippen LogP contribution >= 0.6 is 0 Å². The molecule has 1 rings (SSSR count). The molecule has 1 aromatic heterocycles. The monoisotopic (exact) mass is 298 g/mol. The van der Waals surface area contributed by atoms with Crippen LogP contribution in [-0.4, -0.2) is 9.97 Å². The zero-order valence-corrected chi connectivity index (χ0v) is 9.13. The Morgan fingerprint density at radius 2 is 1.08 bits per heavy atom. The van der Waals surface area contributed by atoms with Gasteiger partial charge in [0.05, 0.1) is 0 Å². The summed E-state index contributed by atoms with van der Waals surface area (Å²) in [6, 6.07) is 0. The maximum atomic E-state index is 5.32. The highest BCUT2D eigenvalue weighted by atomic mass is 79.9. The van der Waals surface area contributed by atoms with E-state index in [1.54, 1.807) is 0 Å². The zero-order chi connectivity index (χ0) is 7.72. The molecule has 0 atom stereocenters. The third-order valence-electron chi connectivity index (χ3n) is 1.02. The predicted molar refractivity (Wildman–Crippen MR) is 39.7 cm³/mol. The topological polar surface area (TPSA) is 130 Å². The lowest BCUT2D eigenvalue weighted by Crippen LogP contribution is -3.00. The molecule has 0 spiro atoms. The van der Waals surface area contributed by atoms with Crippen molar-refractivity contribution in [3.8, 4) is 0 Å². The molecule has 1 aromatic rings. The molecule has 8 heteroatoms. The van der Waals surface area contributed by atoms with E-state index in [4.69, 9.17) is 22.9 Å². The van der Waals surface area contributed by atoms with Crippen LogP contribution in [0.1, 0.15) is 0 Å². The number of aromatic nitrogens is 2. The summed E-state index contributed by atoms with van der Waals surface area (Å²) in [6.07, 6.45) is 0.